The van der Waals surface area contributed by atoms with Gasteiger partial charge in [-0.1, -0.05) is 24.3 Å². The molecule has 1 unspecified atom stereocenters. The predicted molar refractivity (Wildman–Crippen MR) is 91.4 cm³/mol. The van der Waals surface area contributed by atoms with Crippen LogP contribution in [-0.4, -0.2) is 16.0 Å². The number of carbonyl (C=O) groups excluding carboxylic acids is 1. The van der Waals surface area contributed by atoms with Crippen LogP contribution in [0.2, 0.25) is 0 Å². The Morgan fingerprint density at radius 1 is 1.17 bits per heavy atom. The summed E-state index contributed by atoms with van der Waals surface area (Å²) in [4.78, 5) is 16.9. The predicted octanol–water partition coefficient (Wildman–Crippen LogP) is 3.41. The number of hydrogen-bond acceptors (Lipinski definition) is 4. The number of benzene rings is 1. The number of amides is 1. The Labute approximate surface area is 138 Å². The third kappa shape index (κ3) is 4.03. The van der Waals surface area contributed by atoms with Crippen LogP contribution >= 0.6 is 11.3 Å². The lowest BCUT2D eigenvalue weighted by Crippen LogP contribution is -2.14. The van der Waals surface area contributed by atoms with Gasteiger partial charge < -0.3 is 10.4 Å². The van der Waals surface area contributed by atoms with Crippen molar-refractivity contribution in [3.05, 3.63) is 82.3 Å². The molecule has 0 aliphatic carbocycles. The van der Waals surface area contributed by atoms with Gasteiger partial charge in [0.1, 0.15) is 6.10 Å². The zero-order chi connectivity index (χ0) is 16.1. The van der Waals surface area contributed by atoms with Crippen molar-refractivity contribution in [2.75, 3.05) is 5.32 Å². The molecule has 2 heterocycles. The molecule has 0 saturated heterocycles. The van der Waals surface area contributed by atoms with E-state index in [1.165, 1.54) is 11.3 Å². The second-order valence-corrected chi connectivity index (χ2v) is 6.11. The number of pyridine rings is 1. The van der Waals surface area contributed by atoms with Gasteiger partial charge in [-0.15, -0.1) is 11.3 Å². The molecular weight excluding hydrogens is 308 g/mol. The summed E-state index contributed by atoms with van der Waals surface area (Å²) < 4.78 is 0. The third-order valence-corrected chi connectivity index (χ3v) is 4.34. The van der Waals surface area contributed by atoms with Crippen molar-refractivity contribution in [1.82, 2.24) is 4.98 Å². The molecule has 1 atom stereocenters. The number of nitrogens with zero attached hydrogens (tertiary/aromatic N) is 1. The Morgan fingerprint density at radius 3 is 2.65 bits per heavy atom. The number of anilines is 1. The van der Waals surface area contributed by atoms with E-state index in [1.807, 2.05) is 41.8 Å². The number of aromatic nitrogens is 1. The van der Waals surface area contributed by atoms with Gasteiger partial charge in [-0.3, -0.25) is 9.78 Å². The largest absolute Gasteiger partial charge is 0.383 e. The van der Waals surface area contributed by atoms with E-state index in [0.29, 0.717) is 5.69 Å². The highest BCUT2D eigenvalue weighted by Crippen LogP contribution is 2.26. The minimum absolute atomic E-state index is 0.0930. The van der Waals surface area contributed by atoms with Crippen molar-refractivity contribution in [2.45, 2.75) is 12.5 Å². The lowest BCUT2D eigenvalue weighted by Gasteiger charge is -2.10. The Balaban J connectivity index is 1.62. The summed E-state index contributed by atoms with van der Waals surface area (Å²) in [6.07, 6.45) is 3.02. The number of hydrogen-bond donors (Lipinski definition) is 2. The van der Waals surface area contributed by atoms with Crippen molar-refractivity contribution in [2.24, 2.45) is 0 Å². The number of nitrogens with one attached hydrogen (secondary N) is 1. The molecule has 0 spiro atoms. The van der Waals surface area contributed by atoms with E-state index >= 15 is 0 Å². The normalized spacial score (nSPS) is 11.9. The molecule has 2 N–H and O–H groups in total. The van der Waals surface area contributed by atoms with Gasteiger partial charge in [-0.25, -0.2) is 0 Å². The molecule has 0 aliphatic rings. The zero-order valence-electron chi connectivity index (χ0n) is 12.3. The Hall–Kier alpha value is -2.50. The van der Waals surface area contributed by atoms with Crippen molar-refractivity contribution < 1.29 is 9.90 Å². The molecule has 0 radical (unpaired) electrons. The van der Waals surface area contributed by atoms with Crippen LogP contribution in [0.25, 0.3) is 0 Å². The molecule has 0 bridgehead atoms. The van der Waals surface area contributed by atoms with Gasteiger partial charge in [0.25, 0.3) is 0 Å². The molecule has 5 heteroatoms. The van der Waals surface area contributed by atoms with E-state index in [2.05, 4.69) is 10.3 Å². The Bertz CT molecular complexity index is 755. The van der Waals surface area contributed by atoms with Gasteiger partial charge in [-0.05, 0) is 40.8 Å². The zero-order valence-corrected chi connectivity index (χ0v) is 13.2. The minimum atomic E-state index is -0.629. The number of carbonyl (C=O) groups is 1. The number of aliphatic hydroxyl groups excluding tert-OH is 1. The average molecular weight is 324 g/mol. The fraction of sp³-hybridized carbons (Fsp3) is 0.111. The SMILES string of the molecule is O=C(Cc1cccnc1)Nc1ccc(C(O)c2cccs2)cc1. The lowest BCUT2D eigenvalue weighted by atomic mass is 10.1. The fourth-order valence-corrected chi connectivity index (χ4v) is 2.99. The number of thiophene rings is 1. The van der Waals surface area contributed by atoms with E-state index in [4.69, 9.17) is 0 Å². The topological polar surface area (TPSA) is 62.2 Å². The van der Waals surface area contributed by atoms with Crippen LogP contribution in [0.3, 0.4) is 0 Å². The van der Waals surface area contributed by atoms with Crippen LogP contribution < -0.4 is 5.32 Å². The Kier molecular flexibility index (Phi) is 4.80. The monoisotopic (exact) mass is 324 g/mol. The molecule has 0 saturated carbocycles. The molecule has 0 aliphatic heterocycles. The lowest BCUT2D eigenvalue weighted by molar-refractivity contribution is -0.115. The molecule has 23 heavy (non-hydrogen) atoms. The first-order chi connectivity index (χ1) is 11.2. The van der Waals surface area contributed by atoms with E-state index in [-0.39, 0.29) is 12.3 Å². The average Bonchev–Trinajstić information content (AvgIpc) is 3.10. The van der Waals surface area contributed by atoms with Crippen LogP contribution in [0, 0.1) is 0 Å². The van der Waals surface area contributed by atoms with Gasteiger partial charge in [-0.2, -0.15) is 0 Å². The quantitative estimate of drug-likeness (QED) is 0.756. The summed E-state index contributed by atoms with van der Waals surface area (Å²) in [5, 5.41) is 15.0. The second kappa shape index (κ2) is 7.17. The van der Waals surface area contributed by atoms with Crippen LogP contribution in [0.15, 0.2) is 66.3 Å². The first kappa shape index (κ1) is 15.4. The summed E-state index contributed by atoms with van der Waals surface area (Å²) in [5.74, 6) is -0.0930. The smallest absolute Gasteiger partial charge is 0.228 e. The third-order valence-electron chi connectivity index (χ3n) is 3.41. The summed E-state index contributed by atoms with van der Waals surface area (Å²) >= 11 is 1.52. The summed E-state index contributed by atoms with van der Waals surface area (Å²) in [6, 6.07) is 14.7. The van der Waals surface area contributed by atoms with Crippen LogP contribution in [-0.2, 0) is 11.2 Å². The van der Waals surface area contributed by atoms with Gasteiger partial charge in [0.2, 0.25) is 5.91 Å². The Morgan fingerprint density at radius 2 is 2.00 bits per heavy atom. The van der Waals surface area contributed by atoms with Crippen LogP contribution in [0.1, 0.15) is 22.1 Å². The van der Waals surface area contributed by atoms with E-state index in [1.54, 1.807) is 24.5 Å². The summed E-state index contributed by atoms with van der Waals surface area (Å²) in [5.41, 5.74) is 2.38. The summed E-state index contributed by atoms with van der Waals surface area (Å²) in [7, 11) is 0. The molecule has 2 aromatic heterocycles. The molecule has 116 valence electrons. The number of aliphatic hydroxyl groups is 1. The van der Waals surface area contributed by atoms with Crippen molar-refractivity contribution in [1.29, 1.82) is 0 Å². The molecule has 3 rings (SSSR count). The number of rotatable bonds is 5. The van der Waals surface area contributed by atoms with Gasteiger partial charge in [0, 0.05) is 23.0 Å². The van der Waals surface area contributed by atoms with Crippen LogP contribution in [0.4, 0.5) is 5.69 Å². The van der Waals surface area contributed by atoms with Crippen LogP contribution in [0.5, 0.6) is 0 Å². The maximum Gasteiger partial charge on any atom is 0.228 e. The van der Waals surface area contributed by atoms with Crippen molar-refractivity contribution >= 4 is 22.9 Å². The van der Waals surface area contributed by atoms with Gasteiger partial charge in [0.05, 0.1) is 6.42 Å². The van der Waals surface area contributed by atoms with E-state index in [0.717, 1.165) is 16.0 Å². The highest BCUT2D eigenvalue weighted by molar-refractivity contribution is 7.10. The van der Waals surface area contributed by atoms with E-state index < -0.39 is 6.10 Å². The molecule has 0 fully saturated rings. The maximum absolute atomic E-state index is 12.0. The first-order valence-corrected chi connectivity index (χ1v) is 8.10. The van der Waals surface area contributed by atoms with Crippen molar-refractivity contribution in [3.8, 4) is 0 Å². The molecular formula is C18H16N2O2S. The highest BCUT2D eigenvalue weighted by Gasteiger charge is 2.11. The maximum atomic E-state index is 12.0. The molecule has 3 aromatic rings. The molecule has 4 nitrogen and oxygen atoms in total. The van der Waals surface area contributed by atoms with Crippen molar-refractivity contribution in [3.63, 3.8) is 0 Å². The second-order valence-electron chi connectivity index (χ2n) is 5.13. The van der Waals surface area contributed by atoms with E-state index in [9.17, 15) is 9.90 Å². The van der Waals surface area contributed by atoms with Gasteiger partial charge in [0.15, 0.2) is 0 Å². The standard InChI is InChI=1S/C18H16N2O2S/c21-17(11-13-3-1-9-19-12-13)20-15-7-5-14(6-8-15)18(22)16-4-2-10-23-16/h1-10,12,18,22H,11H2,(H,20,21). The highest BCUT2D eigenvalue weighted by atomic mass is 32.1. The molecule has 1 aromatic carbocycles. The fourth-order valence-electron chi connectivity index (χ4n) is 2.25. The minimum Gasteiger partial charge on any atom is -0.383 e. The summed E-state index contributed by atoms with van der Waals surface area (Å²) in [6.45, 7) is 0. The van der Waals surface area contributed by atoms with Gasteiger partial charge >= 0.3 is 0 Å². The first-order valence-electron chi connectivity index (χ1n) is 7.22. The molecule has 1 amide bonds.